The molecule has 3 rings (SSSR count). The first kappa shape index (κ1) is 23.0. The van der Waals surface area contributed by atoms with E-state index < -0.39 is 0 Å². The first-order chi connectivity index (χ1) is 15.0. The molecule has 0 aliphatic carbocycles. The van der Waals surface area contributed by atoms with E-state index in [-0.39, 0.29) is 5.91 Å². The van der Waals surface area contributed by atoms with Crippen molar-refractivity contribution in [1.29, 1.82) is 0 Å². The second-order valence-corrected chi connectivity index (χ2v) is 8.12. The van der Waals surface area contributed by atoms with Gasteiger partial charge in [-0.15, -0.1) is 0 Å². The van der Waals surface area contributed by atoms with Gasteiger partial charge in [-0.05, 0) is 73.1 Å². The highest BCUT2D eigenvalue weighted by molar-refractivity contribution is 8.18. The van der Waals surface area contributed by atoms with Gasteiger partial charge in [0.25, 0.3) is 5.91 Å². The zero-order valence-electron chi connectivity index (χ0n) is 17.6. The minimum absolute atomic E-state index is 0.0514. The van der Waals surface area contributed by atoms with Crippen LogP contribution < -0.4 is 9.47 Å². The van der Waals surface area contributed by atoms with E-state index in [0.29, 0.717) is 46.4 Å². The molecule has 0 N–H and O–H groups in total. The van der Waals surface area contributed by atoms with Gasteiger partial charge in [-0.25, -0.2) is 4.99 Å². The predicted molar refractivity (Wildman–Crippen MR) is 129 cm³/mol. The molecule has 0 unspecified atom stereocenters. The number of hydrogen-bond acceptors (Lipinski definition) is 5. The molecule has 1 aliphatic heterocycles. The summed E-state index contributed by atoms with van der Waals surface area (Å²) in [6, 6.07) is 12.9. The van der Waals surface area contributed by atoms with Gasteiger partial charge in [0.15, 0.2) is 16.7 Å². The summed E-state index contributed by atoms with van der Waals surface area (Å²) in [5, 5.41) is 1.31. The third-order valence-electron chi connectivity index (χ3n) is 4.31. The molecule has 1 saturated heterocycles. The lowest BCUT2D eigenvalue weighted by Gasteiger charge is -2.14. The molecular formula is C24H25ClN2O3S. The topological polar surface area (TPSA) is 51.1 Å². The van der Waals surface area contributed by atoms with Gasteiger partial charge in [0.1, 0.15) is 6.61 Å². The quantitative estimate of drug-likeness (QED) is 0.327. The Morgan fingerprint density at radius 2 is 1.90 bits per heavy atom. The average Bonchev–Trinajstić information content (AvgIpc) is 3.04. The van der Waals surface area contributed by atoms with Gasteiger partial charge in [-0.3, -0.25) is 9.69 Å². The summed E-state index contributed by atoms with van der Waals surface area (Å²) >= 11 is 7.33. The number of amides is 1. The number of nitrogens with zero attached hydrogens (tertiary/aromatic N) is 2. The van der Waals surface area contributed by atoms with E-state index in [0.717, 1.165) is 17.7 Å². The van der Waals surface area contributed by atoms with E-state index >= 15 is 0 Å². The number of thioether (sulfide) groups is 1. The summed E-state index contributed by atoms with van der Waals surface area (Å²) in [4.78, 5) is 20.0. The minimum Gasteiger partial charge on any atom is -0.490 e. The molecule has 2 aromatic carbocycles. The summed E-state index contributed by atoms with van der Waals surface area (Å²) in [5.41, 5.74) is 1.61. The Bertz CT molecular complexity index is 1000. The van der Waals surface area contributed by atoms with Crippen molar-refractivity contribution >= 4 is 46.2 Å². The van der Waals surface area contributed by atoms with Crippen LogP contribution in [0.15, 0.2) is 65.0 Å². The van der Waals surface area contributed by atoms with Crippen molar-refractivity contribution in [3.8, 4) is 11.5 Å². The minimum atomic E-state index is -0.0514. The van der Waals surface area contributed by atoms with Gasteiger partial charge in [0.2, 0.25) is 0 Å². The number of rotatable bonds is 9. The highest BCUT2D eigenvalue weighted by Crippen LogP contribution is 2.36. The van der Waals surface area contributed by atoms with Crippen molar-refractivity contribution in [2.75, 3.05) is 19.8 Å². The SMILES string of the molecule is C=CCOc1ccc(/C=C2\SC(=Nc3ccc(Cl)cc3)N(CCC)C2=O)cc1OCC. The summed E-state index contributed by atoms with van der Waals surface area (Å²) < 4.78 is 11.4. The third-order valence-corrected chi connectivity index (χ3v) is 5.57. The van der Waals surface area contributed by atoms with E-state index in [1.54, 1.807) is 23.1 Å². The average molecular weight is 457 g/mol. The van der Waals surface area contributed by atoms with Gasteiger partial charge in [-0.2, -0.15) is 0 Å². The lowest BCUT2D eigenvalue weighted by atomic mass is 10.2. The highest BCUT2D eigenvalue weighted by Gasteiger charge is 2.32. The van der Waals surface area contributed by atoms with Crippen LogP contribution in [0.25, 0.3) is 6.08 Å². The lowest BCUT2D eigenvalue weighted by Crippen LogP contribution is -2.29. The molecule has 0 bridgehead atoms. The van der Waals surface area contributed by atoms with Crippen molar-refractivity contribution in [1.82, 2.24) is 4.90 Å². The molecule has 0 atom stereocenters. The van der Waals surface area contributed by atoms with Gasteiger partial charge in [0.05, 0.1) is 17.2 Å². The summed E-state index contributed by atoms with van der Waals surface area (Å²) in [5.74, 6) is 1.23. The number of carbonyl (C=O) groups is 1. The maximum absolute atomic E-state index is 13.0. The molecule has 162 valence electrons. The molecule has 1 aliphatic rings. The molecule has 1 heterocycles. The monoisotopic (exact) mass is 456 g/mol. The molecule has 0 spiro atoms. The van der Waals surface area contributed by atoms with Crippen LogP contribution in [0, 0.1) is 0 Å². The molecule has 7 heteroatoms. The predicted octanol–water partition coefficient (Wildman–Crippen LogP) is 6.32. The number of amidine groups is 1. The molecule has 0 saturated carbocycles. The Labute approximate surface area is 192 Å². The zero-order chi connectivity index (χ0) is 22.2. The zero-order valence-corrected chi connectivity index (χ0v) is 19.2. The first-order valence-electron chi connectivity index (χ1n) is 10.1. The van der Waals surface area contributed by atoms with Crippen molar-refractivity contribution in [3.63, 3.8) is 0 Å². The standard InChI is InChI=1S/C24H25ClN2O3S/c1-4-13-27-23(28)22(31-24(27)26-19-10-8-18(25)9-11-19)16-17-7-12-20(30-14-5-2)21(15-17)29-6-3/h5,7-12,15-16H,2,4,6,13-14H2,1,3H3/b22-16-,26-24?. The van der Waals surface area contributed by atoms with E-state index in [2.05, 4.69) is 11.6 Å². The number of hydrogen-bond donors (Lipinski definition) is 0. The molecule has 31 heavy (non-hydrogen) atoms. The third kappa shape index (κ3) is 5.93. The van der Waals surface area contributed by atoms with Crippen LogP contribution in [-0.2, 0) is 4.79 Å². The molecular weight excluding hydrogens is 432 g/mol. The van der Waals surface area contributed by atoms with Gasteiger partial charge >= 0.3 is 0 Å². The van der Waals surface area contributed by atoms with Crippen LogP contribution in [0.1, 0.15) is 25.8 Å². The van der Waals surface area contributed by atoms with Gasteiger partial charge < -0.3 is 9.47 Å². The Balaban J connectivity index is 1.90. The fourth-order valence-electron chi connectivity index (χ4n) is 2.94. The summed E-state index contributed by atoms with van der Waals surface area (Å²) in [6.45, 7) is 9.14. The fraction of sp³-hybridized carbons (Fsp3) is 0.250. The maximum atomic E-state index is 13.0. The molecule has 1 amide bonds. The number of benzene rings is 2. The molecule has 0 radical (unpaired) electrons. The maximum Gasteiger partial charge on any atom is 0.266 e. The van der Waals surface area contributed by atoms with Gasteiger partial charge in [-0.1, -0.05) is 37.2 Å². The second kappa shape index (κ2) is 11.1. The van der Waals surface area contributed by atoms with Crippen molar-refractivity contribution < 1.29 is 14.3 Å². The van der Waals surface area contributed by atoms with E-state index in [1.807, 2.05) is 50.3 Å². The molecule has 0 aromatic heterocycles. The smallest absolute Gasteiger partial charge is 0.266 e. The van der Waals surface area contributed by atoms with Crippen LogP contribution in [-0.4, -0.2) is 35.7 Å². The Hall–Kier alpha value is -2.70. The lowest BCUT2D eigenvalue weighted by molar-refractivity contribution is -0.122. The number of aliphatic imine (C=N–C) groups is 1. The van der Waals surface area contributed by atoms with Crippen LogP contribution in [0.5, 0.6) is 11.5 Å². The molecule has 2 aromatic rings. The molecule has 1 fully saturated rings. The Morgan fingerprint density at radius 1 is 1.13 bits per heavy atom. The number of ether oxygens (including phenoxy) is 2. The fourth-order valence-corrected chi connectivity index (χ4v) is 4.09. The van der Waals surface area contributed by atoms with Crippen LogP contribution in [0.2, 0.25) is 5.02 Å². The second-order valence-electron chi connectivity index (χ2n) is 6.68. The van der Waals surface area contributed by atoms with Gasteiger partial charge in [0, 0.05) is 11.6 Å². The largest absolute Gasteiger partial charge is 0.490 e. The number of halogens is 1. The normalized spacial score (nSPS) is 16.2. The van der Waals surface area contributed by atoms with E-state index in [1.165, 1.54) is 11.8 Å². The van der Waals surface area contributed by atoms with E-state index in [9.17, 15) is 4.79 Å². The van der Waals surface area contributed by atoms with Crippen molar-refractivity contribution in [2.45, 2.75) is 20.3 Å². The Morgan fingerprint density at radius 3 is 2.58 bits per heavy atom. The van der Waals surface area contributed by atoms with E-state index in [4.69, 9.17) is 21.1 Å². The van der Waals surface area contributed by atoms with Crippen molar-refractivity contribution in [2.24, 2.45) is 4.99 Å². The molecule has 5 nitrogen and oxygen atoms in total. The number of carbonyl (C=O) groups excluding carboxylic acids is 1. The summed E-state index contributed by atoms with van der Waals surface area (Å²) in [7, 11) is 0. The Kier molecular flexibility index (Phi) is 8.20. The van der Waals surface area contributed by atoms with Crippen LogP contribution in [0.3, 0.4) is 0 Å². The summed E-state index contributed by atoms with van der Waals surface area (Å²) in [6.07, 6.45) is 4.38. The van der Waals surface area contributed by atoms with Crippen LogP contribution in [0.4, 0.5) is 5.69 Å². The first-order valence-corrected chi connectivity index (χ1v) is 11.3. The highest BCUT2D eigenvalue weighted by atomic mass is 35.5. The van der Waals surface area contributed by atoms with Crippen LogP contribution >= 0.6 is 23.4 Å². The van der Waals surface area contributed by atoms with Crippen molar-refractivity contribution in [3.05, 3.63) is 70.6 Å².